The van der Waals surface area contributed by atoms with E-state index in [1.807, 2.05) is 0 Å². The molecule has 0 fully saturated rings. The fourth-order valence-electron chi connectivity index (χ4n) is 0.206. The second-order valence-corrected chi connectivity index (χ2v) is 1.73. The summed E-state index contributed by atoms with van der Waals surface area (Å²) in [5.74, 6) is -1.34. The summed E-state index contributed by atoms with van der Waals surface area (Å²) >= 11 is 3.18. The number of aliphatic carboxylic acids is 1. The van der Waals surface area contributed by atoms with Gasteiger partial charge in [0.05, 0.1) is 0 Å². The van der Waals surface area contributed by atoms with E-state index in [9.17, 15) is 9.59 Å². The topological polar surface area (TPSA) is 74.6 Å². The van der Waals surface area contributed by atoms with Crippen LogP contribution < -0.4 is 0 Å². The maximum absolute atomic E-state index is 10.00. The zero-order valence-electron chi connectivity index (χ0n) is 4.61. The predicted molar refractivity (Wildman–Crippen MR) is 31.9 cm³/mol. The van der Waals surface area contributed by atoms with Gasteiger partial charge in [-0.3, -0.25) is 9.59 Å². The third-order valence-electron chi connectivity index (χ3n) is 0.553. The van der Waals surface area contributed by atoms with Crippen LogP contribution in [0.25, 0.3) is 0 Å². The third kappa shape index (κ3) is 6.18. The van der Waals surface area contributed by atoms with Crippen LogP contribution >= 0.6 is 12.6 Å². The van der Waals surface area contributed by atoms with E-state index in [1.54, 1.807) is 0 Å². The van der Waals surface area contributed by atoms with E-state index in [1.165, 1.54) is 0 Å². The number of hydrogen-bond donors (Lipinski definition) is 3. The van der Waals surface area contributed by atoms with Crippen molar-refractivity contribution in [2.24, 2.45) is 0 Å². The van der Waals surface area contributed by atoms with Gasteiger partial charge in [-0.1, -0.05) is 0 Å². The predicted octanol–water partition coefficient (Wildman–Crippen LogP) is -0.910. The molecule has 0 amide bonds. The van der Waals surface area contributed by atoms with Crippen molar-refractivity contribution in [3.05, 3.63) is 6.42 Å². The van der Waals surface area contributed by atoms with Gasteiger partial charge in [-0.15, -0.1) is 12.6 Å². The van der Waals surface area contributed by atoms with Crippen molar-refractivity contribution >= 4 is 23.7 Å². The number of aliphatic hydroxyl groups is 1. The Morgan fingerprint density at radius 1 is 1.50 bits per heavy atom. The minimum absolute atomic E-state index is 0. The van der Waals surface area contributed by atoms with E-state index in [-0.39, 0.29) is 22.4 Å². The van der Waals surface area contributed by atoms with Gasteiger partial charge < -0.3 is 10.2 Å². The first-order valence-corrected chi connectivity index (χ1v) is 2.47. The van der Waals surface area contributed by atoms with Crippen molar-refractivity contribution in [1.29, 1.82) is 0 Å². The minimum atomic E-state index is -1.61. The standard InChI is InChI=1S/C4H5O4S.Au/c5-2(4(8)9)1-3(6)7;/h1-2,5H,(H,6,7)(H,8,9);/q-1;+1. The van der Waals surface area contributed by atoms with Crippen molar-refractivity contribution in [3.8, 4) is 0 Å². The molecule has 0 aromatic heterocycles. The van der Waals surface area contributed by atoms with Crippen LogP contribution in [0.4, 0.5) is 0 Å². The molecule has 0 aromatic carbocycles. The van der Waals surface area contributed by atoms with Crippen molar-refractivity contribution in [3.63, 3.8) is 0 Å². The Morgan fingerprint density at radius 2 is 1.90 bits per heavy atom. The number of carboxylic acids is 1. The molecule has 0 aromatic rings. The zero-order chi connectivity index (χ0) is 7.44. The van der Waals surface area contributed by atoms with Crippen molar-refractivity contribution in [2.45, 2.75) is 6.10 Å². The maximum Gasteiger partial charge on any atom is 1.00 e. The zero-order valence-corrected chi connectivity index (χ0v) is 7.68. The van der Waals surface area contributed by atoms with Gasteiger partial charge in [-0.2, -0.15) is 0 Å². The molecule has 0 aliphatic heterocycles. The number of thiol groups is 1. The van der Waals surface area contributed by atoms with Gasteiger partial charge in [0, 0.05) is 6.10 Å². The van der Waals surface area contributed by atoms with Crippen LogP contribution in [0.1, 0.15) is 0 Å². The molecule has 0 saturated heterocycles. The van der Waals surface area contributed by atoms with E-state index < -0.39 is 17.2 Å². The van der Waals surface area contributed by atoms with Gasteiger partial charge in [0.25, 0.3) is 0 Å². The largest absolute Gasteiger partial charge is 1.00 e. The van der Waals surface area contributed by atoms with E-state index in [0.717, 1.165) is 0 Å². The Bertz CT molecular complexity index is 137. The summed E-state index contributed by atoms with van der Waals surface area (Å²) in [4.78, 5) is 19.7. The van der Waals surface area contributed by atoms with Gasteiger partial charge in [-0.05, 0) is 0 Å². The number of carbonyl (C=O) groups is 2. The summed E-state index contributed by atoms with van der Waals surface area (Å²) in [6.45, 7) is 0. The molecule has 10 heavy (non-hydrogen) atoms. The van der Waals surface area contributed by atoms with Crippen molar-refractivity contribution in [1.82, 2.24) is 0 Å². The number of hydrogen-bond acceptors (Lipinski definition) is 3. The fraction of sp³-hybridized carbons (Fsp3) is 0.250. The third-order valence-corrected chi connectivity index (χ3v) is 0.818. The first-order valence-electron chi connectivity index (χ1n) is 2.02. The van der Waals surface area contributed by atoms with E-state index in [2.05, 4.69) is 12.6 Å². The molecule has 2 N–H and O–H groups in total. The molecule has 6 heteroatoms. The Morgan fingerprint density at radius 3 is 2.00 bits per heavy atom. The molecule has 0 rings (SSSR count). The Balaban J connectivity index is 0. The second kappa shape index (κ2) is 5.82. The van der Waals surface area contributed by atoms with Crippen LogP contribution in [0.5, 0.6) is 0 Å². The van der Waals surface area contributed by atoms with Crippen molar-refractivity contribution in [2.75, 3.05) is 0 Å². The summed E-state index contributed by atoms with van der Waals surface area (Å²) in [6.07, 6.45) is -1.15. The maximum atomic E-state index is 10.00. The molecule has 0 heterocycles. The van der Waals surface area contributed by atoms with Gasteiger partial charge in [0.1, 0.15) is 0 Å². The average Bonchev–Trinajstić information content (AvgIpc) is 1.63. The van der Waals surface area contributed by atoms with Crippen LogP contribution in [0.2, 0.25) is 0 Å². The quantitative estimate of drug-likeness (QED) is 0.352. The molecule has 0 aliphatic rings. The van der Waals surface area contributed by atoms with E-state index in [0.29, 0.717) is 6.42 Å². The van der Waals surface area contributed by atoms with E-state index >= 15 is 0 Å². The molecule has 62 valence electrons. The van der Waals surface area contributed by atoms with Gasteiger partial charge >= 0.3 is 22.4 Å². The number of carbonyl (C=O) groups excluding carboxylic acids is 1. The molecular weight excluding hydrogens is 341 g/mol. The monoisotopic (exact) mass is 346 g/mol. The minimum Gasteiger partial charge on any atom is -0.503 e. The fourth-order valence-corrected chi connectivity index (χ4v) is 0.281. The normalized spacial score (nSPS) is 11.0. The number of rotatable bonds is 3. The molecule has 1 atom stereocenters. The van der Waals surface area contributed by atoms with Crippen LogP contribution in [-0.4, -0.2) is 27.4 Å². The Labute approximate surface area is 78.5 Å². The molecule has 0 spiro atoms. The molecular formula is C4H5AuO4S. The Hall–Kier alpha value is 0.0603. The summed E-state index contributed by atoms with van der Waals surface area (Å²) in [5, 5.41) is 15.5. The number of aliphatic hydroxyl groups excluding tert-OH is 1. The summed E-state index contributed by atoms with van der Waals surface area (Å²) < 4.78 is 0. The van der Waals surface area contributed by atoms with E-state index in [4.69, 9.17) is 10.2 Å². The van der Waals surface area contributed by atoms with Gasteiger partial charge in [0.15, 0.2) is 11.1 Å². The Kier molecular flexibility index (Phi) is 7.39. The summed E-state index contributed by atoms with van der Waals surface area (Å²) in [6, 6.07) is 0. The number of carboxylic acid groups (broad SMARTS) is 1. The van der Waals surface area contributed by atoms with Crippen LogP contribution in [-0.2, 0) is 32.0 Å². The molecule has 0 saturated carbocycles. The van der Waals surface area contributed by atoms with Crippen LogP contribution in [0.15, 0.2) is 0 Å². The van der Waals surface area contributed by atoms with Crippen molar-refractivity contribution < 1.29 is 42.2 Å². The first kappa shape index (κ1) is 12.7. The average molecular weight is 346 g/mol. The molecule has 0 aliphatic carbocycles. The van der Waals surface area contributed by atoms with Crippen LogP contribution in [0.3, 0.4) is 0 Å². The summed E-state index contributed by atoms with van der Waals surface area (Å²) in [5.41, 5.74) is 0. The van der Waals surface area contributed by atoms with Gasteiger partial charge in [-0.25, -0.2) is 6.42 Å². The smallest absolute Gasteiger partial charge is 0.503 e. The first-order chi connectivity index (χ1) is 4.04. The van der Waals surface area contributed by atoms with Gasteiger partial charge in [0.2, 0.25) is 0 Å². The SMILES string of the molecule is O=C(O)[CH-]C(O)C(=O)S.[Au+]. The molecule has 0 radical (unpaired) electrons. The second-order valence-electron chi connectivity index (χ2n) is 1.29. The summed E-state index contributed by atoms with van der Waals surface area (Å²) in [7, 11) is 0. The molecule has 1 unspecified atom stereocenters. The molecule has 0 bridgehead atoms. The molecule has 4 nitrogen and oxygen atoms in total. The van der Waals surface area contributed by atoms with Crippen LogP contribution in [0, 0.1) is 6.42 Å².